The number of hydrogen-bond acceptors (Lipinski definition) is 4. The zero-order valence-corrected chi connectivity index (χ0v) is 26.1. The van der Waals surface area contributed by atoms with E-state index in [9.17, 15) is 27.6 Å². The van der Waals surface area contributed by atoms with E-state index in [-0.39, 0.29) is 43.0 Å². The molecular formula is C38H35F3N2O4. The summed E-state index contributed by atoms with van der Waals surface area (Å²) in [5, 5.41) is 3.16. The third-order valence-corrected chi connectivity index (χ3v) is 8.28. The first-order chi connectivity index (χ1) is 22.5. The maximum absolute atomic E-state index is 13.6. The van der Waals surface area contributed by atoms with Crippen molar-refractivity contribution in [3.63, 3.8) is 0 Å². The molecule has 0 spiro atoms. The zero-order chi connectivity index (χ0) is 33.6. The minimum Gasteiger partial charge on any atom is -0.463 e. The number of esters is 1. The van der Waals surface area contributed by atoms with E-state index < -0.39 is 23.6 Å². The summed E-state index contributed by atoms with van der Waals surface area (Å²) in [6, 6.07) is 30.8. The maximum atomic E-state index is 13.6. The molecule has 0 saturated carbocycles. The van der Waals surface area contributed by atoms with Crippen LogP contribution in [-0.4, -0.2) is 29.3 Å². The highest BCUT2D eigenvalue weighted by Crippen LogP contribution is 2.39. The molecule has 1 aliphatic heterocycles. The quantitative estimate of drug-likeness (QED) is 0.180. The molecule has 0 unspecified atom stereocenters. The number of nitrogens with zero attached hydrogens (tertiary/aromatic N) is 1. The molecule has 0 aliphatic carbocycles. The molecule has 1 N–H and O–H groups in total. The van der Waals surface area contributed by atoms with Gasteiger partial charge in [0.2, 0.25) is 5.91 Å². The van der Waals surface area contributed by atoms with Crippen molar-refractivity contribution in [3.8, 4) is 0 Å². The Morgan fingerprint density at radius 2 is 1.53 bits per heavy atom. The second-order valence-electron chi connectivity index (χ2n) is 11.4. The third kappa shape index (κ3) is 7.98. The van der Waals surface area contributed by atoms with Gasteiger partial charge in [0, 0.05) is 23.6 Å². The van der Waals surface area contributed by atoms with E-state index in [0.717, 1.165) is 23.3 Å². The maximum Gasteiger partial charge on any atom is 0.416 e. The van der Waals surface area contributed by atoms with Crippen LogP contribution in [0, 0.1) is 0 Å². The van der Waals surface area contributed by atoms with Gasteiger partial charge in [-0.3, -0.25) is 9.59 Å². The van der Waals surface area contributed by atoms with Crippen LogP contribution in [0.25, 0.3) is 0 Å². The molecule has 0 radical (unpaired) electrons. The molecular weight excluding hydrogens is 605 g/mol. The van der Waals surface area contributed by atoms with E-state index in [0.29, 0.717) is 28.8 Å². The number of carbonyl (C=O) groups is 3. The van der Waals surface area contributed by atoms with Crippen LogP contribution in [-0.2, 0) is 33.5 Å². The molecule has 5 rings (SSSR count). The SMILES string of the molecule is CCOC(=O)C1=C(C)N(Cc2cccc(C(=O)N[C@@H](Cc3ccccc3)c3ccccc3)c2)C(=O)C[C@@H]1c1ccc(C(F)(F)F)cc1. The van der Waals surface area contributed by atoms with Crippen molar-refractivity contribution in [3.05, 3.63) is 154 Å². The summed E-state index contributed by atoms with van der Waals surface area (Å²) in [6.45, 7) is 3.46. The first kappa shape index (κ1) is 33.2. The lowest BCUT2D eigenvalue weighted by atomic mass is 9.83. The van der Waals surface area contributed by atoms with Crippen LogP contribution in [0.1, 0.15) is 70.4 Å². The molecule has 0 saturated heterocycles. The van der Waals surface area contributed by atoms with Crippen molar-refractivity contribution >= 4 is 17.8 Å². The topological polar surface area (TPSA) is 75.7 Å². The van der Waals surface area contributed by atoms with E-state index in [2.05, 4.69) is 5.32 Å². The Hall–Kier alpha value is -5.18. The average molecular weight is 641 g/mol. The lowest BCUT2D eigenvalue weighted by Crippen LogP contribution is -2.38. The van der Waals surface area contributed by atoms with Crippen LogP contribution < -0.4 is 5.32 Å². The molecule has 4 aromatic rings. The zero-order valence-electron chi connectivity index (χ0n) is 26.1. The number of ether oxygens (including phenoxy) is 1. The normalized spacial score (nSPS) is 15.7. The smallest absolute Gasteiger partial charge is 0.416 e. The van der Waals surface area contributed by atoms with E-state index in [1.54, 1.807) is 38.1 Å². The van der Waals surface area contributed by atoms with E-state index in [1.165, 1.54) is 17.0 Å². The number of halogens is 3. The van der Waals surface area contributed by atoms with Gasteiger partial charge in [0.15, 0.2) is 0 Å². The van der Waals surface area contributed by atoms with Gasteiger partial charge < -0.3 is 15.0 Å². The largest absolute Gasteiger partial charge is 0.463 e. The van der Waals surface area contributed by atoms with Gasteiger partial charge in [0.05, 0.1) is 30.3 Å². The number of alkyl halides is 3. The number of carbonyl (C=O) groups excluding carboxylic acids is 3. The van der Waals surface area contributed by atoms with Crippen LogP contribution >= 0.6 is 0 Å². The van der Waals surface area contributed by atoms with Crippen molar-refractivity contribution in [2.24, 2.45) is 0 Å². The summed E-state index contributed by atoms with van der Waals surface area (Å²) >= 11 is 0. The third-order valence-electron chi connectivity index (χ3n) is 8.28. The van der Waals surface area contributed by atoms with Gasteiger partial charge in [-0.05, 0) is 66.8 Å². The highest BCUT2D eigenvalue weighted by molar-refractivity contribution is 5.96. The van der Waals surface area contributed by atoms with Crippen LogP contribution in [0.2, 0.25) is 0 Å². The Bertz CT molecular complexity index is 1750. The van der Waals surface area contributed by atoms with Crippen molar-refractivity contribution in [1.29, 1.82) is 0 Å². The predicted octanol–water partition coefficient (Wildman–Crippen LogP) is 7.77. The van der Waals surface area contributed by atoms with Crippen molar-refractivity contribution in [1.82, 2.24) is 10.2 Å². The lowest BCUT2D eigenvalue weighted by Gasteiger charge is -2.34. The molecule has 9 heteroatoms. The van der Waals surface area contributed by atoms with Gasteiger partial charge in [-0.2, -0.15) is 13.2 Å². The van der Waals surface area contributed by atoms with Gasteiger partial charge in [0.1, 0.15) is 0 Å². The fraction of sp³-hybridized carbons (Fsp3) is 0.237. The van der Waals surface area contributed by atoms with E-state index >= 15 is 0 Å². The molecule has 4 aromatic carbocycles. The minimum absolute atomic E-state index is 0.0839. The number of allylic oxidation sites excluding steroid dienone is 1. The molecule has 0 bridgehead atoms. The standard InChI is InChI=1S/C38H35F3N2O4/c1-3-47-37(46)35-25(2)43(34(44)23-32(35)28-17-19-31(20-18-28)38(39,40)41)24-27-13-10-16-30(21-27)36(45)42-33(29-14-8-5-9-15-29)22-26-11-6-4-7-12-26/h4-21,32-33H,3,22-24H2,1-2H3,(H,42,45)/t32-,33+/m1/s1. The number of benzene rings is 4. The fourth-order valence-corrected chi connectivity index (χ4v) is 5.89. The van der Waals surface area contributed by atoms with Crippen molar-refractivity contribution in [2.75, 3.05) is 6.61 Å². The van der Waals surface area contributed by atoms with Gasteiger partial charge in [-0.25, -0.2) is 4.79 Å². The summed E-state index contributed by atoms with van der Waals surface area (Å²) in [5.74, 6) is -1.98. The average Bonchev–Trinajstić information content (AvgIpc) is 3.07. The Kier molecular flexibility index (Phi) is 10.2. The molecule has 2 atom stereocenters. The first-order valence-corrected chi connectivity index (χ1v) is 15.4. The summed E-state index contributed by atoms with van der Waals surface area (Å²) in [6.07, 6.45) is -4.04. The first-order valence-electron chi connectivity index (χ1n) is 15.4. The molecule has 1 aliphatic rings. The van der Waals surface area contributed by atoms with Crippen LogP contribution in [0.15, 0.2) is 120 Å². The van der Waals surface area contributed by atoms with E-state index in [1.807, 2.05) is 60.7 Å². The molecule has 2 amide bonds. The number of nitrogens with one attached hydrogen (secondary N) is 1. The Labute approximate surface area is 271 Å². The second kappa shape index (κ2) is 14.5. The number of amides is 2. The molecule has 0 fully saturated rings. The molecule has 47 heavy (non-hydrogen) atoms. The van der Waals surface area contributed by atoms with Crippen molar-refractivity contribution in [2.45, 2.75) is 51.4 Å². The summed E-state index contributed by atoms with van der Waals surface area (Å²) < 4.78 is 44.9. The second-order valence-corrected chi connectivity index (χ2v) is 11.4. The Morgan fingerprint density at radius 1 is 0.894 bits per heavy atom. The van der Waals surface area contributed by atoms with Crippen LogP contribution in [0.4, 0.5) is 13.2 Å². The monoisotopic (exact) mass is 640 g/mol. The van der Waals surface area contributed by atoms with Gasteiger partial charge >= 0.3 is 12.1 Å². The predicted molar refractivity (Wildman–Crippen MR) is 172 cm³/mol. The van der Waals surface area contributed by atoms with Gasteiger partial charge in [-0.1, -0.05) is 84.9 Å². The van der Waals surface area contributed by atoms with Crippen LogP contribution in [0.3, 0.4) is 0 Å². The van der Waals surface area contributed by atoms with E-state index in [4.69, 9.17) is 4.74 Å². The van der Waals surface area contributed by atoms with Crippen LogP contribution in [0.5, 0.6) is 0 Å². The highest BCUT2D eigenvalue weighted by atomic mass is 19.4. The Morgan fingerprint density at radius 3 is 2.17 bits per heavy atom. The lowest BCUT2D eigenvalue weighted by molar-refractivity contribution is -0.140. The van der Waals surface area contributed by atoms with Crippen molar-refractivity contribution < 1.29 is 32.3 Å². The fourth-order valence-electron chi connectivity index (χ4n) is 5.89. The summed E-state index contributed by atoms with van der Waals surface area (Å²) in [4.78, 5) is 41.7. The summed E-state index contributed by atoms with van der Waals surface area (Å²) in [5.41, 5.74) is 3.29. The number of hydrogen-bond donors (Lipinski definition) is 1. The highest BCUT2D eigenvalue weighted by Gasteiger charge is 2.38. The molecule has 0 aromatic heterocycles. The minimum atomic E-state index is -4.51. The Balaban J connectivity index is 1.39. The molecule has 242 valence electrons. The van der Waals surface area contributed by atoms with Gasteiger partial charge in [-0.15, -0.1) is 0 Å². The number of rotatable bonds is 10. The molecule has 6 nitrogen and oxygen atoms in total. The summed E-state index contributed by atoms with van der Waals surface area (Å²) in [7, 11) is 0. The molecule has 1 heterocycles. The van der Waals surface area contributed by atoms with Gasteiger partial charge in [0.25, 0.3) is 5.91 Å².